The zero-order valence-electron chi connectivity index (χ0n) is 18.8. The van der Waals surface area contributed by atoms with E-state index in [0.717, 1.165) is 13.1 Å². The molecular weight excluding hydrogens is 415 g/mol. The van der Waals surface area contributed by atoms with Crippen molar-refractivity contribution < 1.29 is 13.7 Å². The van der Waals surface area contributed by atoms with Gasteiger partial charge in [-0.25, -0.2) is 9.37 Å². The Hall–Kier alpha value is -3.27. The van der Waals surface area contributed by atoms with Crippen LogP contribution in [0.25, 0.3) is 17.0 Å². The fraction of sp³-hybridized carbons (Fsp3) is 0.455. The van der Waals surface area contributed by atoms with Crippen LogP contribution in [0.4, 0.5) is 4.39 Å². The molecule has 2 aromatic heterocycles. The highest BCUT2D eigenvalue weighted by atomic mass is 19.1. The molecule has 3 rings (SSSR count). The fourth-order valence-electron chi connectivity index (χ4n) is 3.19. The Balaban J connectivity index is 1.98. The molecule has 0 aliphatic carbocycles. The second kappa shape index (κ2) is 10.4. The summed E-state index contributed by atoms with van der Waals surface area (Å²) in [7, 11) is 0. The Bertz CT molecular complexity index is 1100. The Morgan fingerprint density at radius 2 is 1.91 bits per heavy atom. The number of hydrogen-bond acceptors (Lipinski definition) is 6. The van der Waals surface area contributed by atoms with Crippen molar-refractivity contribution in [3.63, 3.8) is 0 Å². The minimum absolute atomic E-state index is 0.0331. The molecule has 1 N–H and O–H groups in total. The first-order chi connectivity index (χ1) is 15.3. The third-order valence-corrected chi connectivity index (χ3v) is 5.07. The first-order valence-electron chi connectivity index (χ1n) is 10.8. The van der Waals surface area contributed by atoms with E-state index in [0.29, 0.717) is 25.2 Å². The van der Waals surface area contributed by atoms with E-state index in [1.807, 2.05) is 27.7 Å². The average Bonchev–Trinajstić information content (AvgIpc) is 3.39. The van der Waals surface area contributed by atoms with Crippen molar-refractivity contribution in [1.82, 2.24) is 29.7 Å². The zero-order chi connectivity index (χ0) is 23.3. The number of hydrogen-bond donors (Lipinski definition) is 1. The van der Waals surface area contributed by atoms with Crippen molar-refractivity contribution in [3.8, 4) is 17.0 Å². The third-order valence-electron chi connectivity index (χ3n) is 5.07. The van der Waals surface area contributed by atoms with Gasteiger partial charge in [0.15, 0.2) is 0 Å². The molecule has 0 saturated heterocycles. The predicted molar refractivity (Wildman–Crippen MR) is 118 cm³/mol. The van der Waals surface area contributed by atoms with Crippen molar-refractivity contribution in [2.75, 3.05) is 26.2 Å². The Kier molecular flexibility index (Phi) is 7.57. The van der Waals surface area contributed by atoms with Gasteiger partial charge in [-0.1, -0.05) is 39.8 Å². The van der Waals surface area contributed by atoms with Crippen LogP contribution in [0.3, 0.4) is 0 Å². The lowest BCUT2D eigenvalue weighted by Crippen LogP contribution is -2.29. The van der Waals surface area contributed by atoms with E-state index in [4.69, 9.17) is 4.52 Å². The van der Waals surface area contributed by atoms with E-state index >= 15 is 0 Å². The monoisotopic (exact) mass is 444 g/mol. The highest BCUT2D eigenvalue weighted by Crippen LogP contribution is 2.24. The van der Waals surface area contributed by atoms with Crippen LogP contribution >= 0.6 is 0 Å². The van der Waals surface area contributed by atoms with Gasteiger partial charge in [0.1, 0.15) is 17.7 Å². The van der Waals surface area contributed by atoms with Gasteiger partial charge in [-0.15, -0.1) is 5.10 Å². The molecule has 0 saturated carbocycles. The largest absolute Gasteiger partial charge is 0.355 e. The molecular formula is C22H29FN6O3. The molecule has 3 aromatic rings. The van der Waals surface area contributed by atoms with Gasteiger partial charge in [-0.3, -0.25) is 9.59 Å². The predicted octanol–water partition coefficient (Wildman–Crippen LogP) is 2.56. The van der Waals surface area contributed by atoms with Crippen molar-refractivity contribution in [1.29, 1.82) is 0 Å². The Labute approximate surface area is 185 Å². The molecule has 0 spiro atoms. The van der Waals surface area contributed by atoms with Gasteiger partial charge in [0.2, 0.25) is 5.82 Å². The number of carbonyl (C=O) groups excluding carboxylic acids is 1. The molecule has 0 aliphatic heterocycles. The molecule has 0 bridgehead atoms. The van der Waals surface area contributed by atoms with Gasteiger partial charge >= 0.3 is 0 Å². The molecule has 0 atom stereocenters. The molecule has 32 heavy (non-hydrogen) atoms. The second-order valence-corrected chi connectivity index (χ2v) is 7.83. The van der Waals surface area contributed by atoms with Crippen molar-refractivity contribution in [3.05, 3.63) is 52.6 Å². The first kappa shape index (κ1) is 23.4. The number of amides is 1. The molecule has 1 aromatic carbocycles. The smallest absolute Gasteiger partial charge is 0.292 e. The number of likely N-dealkylation sites (N-methyl/N-ethyl adjacent to an activating group) is 1. The van der Waals surface area contributed by atoms with E-state index in [9.17, 15) is 14.0 Å². The lowest BCUT2D eigenvalue weighted by Gasteiger charge is -2.16. The maximum Gasteiger partial charge on any atom is 0.292 e. The summed E-state index contributed by atoms with van der Waals surface area (Å²) < 4.78 is 21.8. The number of nitrogens with one attached hydrogen (secondary N) is 1. The van der Waals surface area contributed by atoms with Gasteiger partial charge in [-0.05, 0) is 36.7 Å². The second-order valence-electron chi connectivity index (χ2n) is 7.83. The minimum Gasteiger partial charge on any atom is -0.355 e. The standard InChI is InChI=1S/C22H29FN6O3/c1-5-27(6-2)11-12-29-21(31)18(16-7-9-17(23)10-8-16)22(32-29)28-14-25-19(26-28)20(30)24-13-15(3)4/h7-10,14-15H,5-6,11-13H2,1-4H3,(H,24,30). The van der Waals surface area contributed by atoms with Crippen LogP contribution in [0.15, 0.2) is 39.9 Å². The quantitative estimate of drug-likeness (QED) is 0.516. The topological polar surface area (TPSA) is 98.2 Å². The highest BCUT2D eigenvalue weighted by molar-refractivity contribution is 5.90. The van der Waals surface area contributed by atoms with Gasteiger partial charge in [0, 0.05) is 13.1 Å². The van der Waals surface area contributed by atoms with Crippen LogP contribution in [0, 0.1) is 11.7 Å². The highest BCUT2D eigenvalue weighted by Gasteiger charge is 2.23. The van der Waals surface area contributed by atoms with Crippen LogP contribution in [0.5, 0.6) is 0 Å². The van der Waals surface area contributed by atoms with Gasteiger partial charge in [0.25, 0.3) is 17.4 Å². The maximum absolute atomic E-state index is 13.5. The third kappa shape index (κ3) is 5.31. The summed E-state index contributed by atoms with van der Waals surface area (Å²) in [6.45, 7) is 11.2. The molecule has 0 fully saturated rings. The number of halogens is 1. The van der Waals surface area contributed by atoms with Crippen molar-refractivity contribution in [2.24, 2.45) is 5.92 Å². The van der Waals surface area contributed by atoms with Gasteiger partial charge in [0.05, 0.1) is 6.54 Å². The fourth-order valence-corrected chi connectivity index (χ4v) is 3.19. The molecule has 0 aliphatic rings. The normalized spacial score (nSPS) is 11.5. The van der Waals surface area contributed by atoms with E-state index in [1.54, 1.807) is 0 Å². The Morgan fingerprint density at radius 3 is 2.53 bits per heavy atom. The number of carbonyl (C=O) groups is 1. The summed E-state index contributed by atoms with van der Waals surface area (Å²) in [5.74, 6) is -0.454. The summed E-state index contributed by atoms with van der Waals surface area (Å²) in [6, 6.07) is 5.57. The lowest BCUT2D eigenvalue weighted by atomic mass is 10.1. The van der Waals surface area contributed by atoms with Gasteiger partial charge < -0.3 is 14.7 Å². The molecule has 0 unspecified atom stereocenters. The van der Waals surface area contributed by atoms with E-state index in [1.165, 1.54) is 40.0 Å². The number of aromatic nitrogens is 4. The summed E-state index contributed by atoms with van der Waals surface area (Å²) >= 11 is 0. The number of rotatable bonds is 10. The molecule has 2 heterocycles. The average molecular weight is 445 g/mol. The molecule has 1 amide bonds. The summed E-state index contributed by atoms with van der Waals surface area (Å²) in [5.41, 5.74) is 0.349. The van der Waals surface area contributed by atoms with Crippen LogP contribution < -0.4 is 10.9 Å². The lowest BCUT2D eigenvalue weighted by molar-refractivity contribution is 0.0938. The minimum atomic E-state index is -0.413. The number of benzene rings is 1. The van der Waals surface area contributed by atoms with Crippen LogP contribution in [-0.4, -0.2) is 56.5 Å². The SMILES string of the molecule is CCN(CC)CCn1oc(-n2cnc(C(=O)NCC(C)C)n2)c(-c2ccc(F)cc2)c1=O. The molecule has 172 valence electrons. The molecule has 9 nitrogen and oxygen atoms in total. The maximum atomic E-state index is 13.5. The van der Waals surface area contributed by atoms with Crippen LogP contribution in [-0.2, 0) is 6.54 Å². The summed E-state index contributed by atoms with van der Waals surface area (Å²) in [4.78, 5) is 31.7. The van der Waals surface area contributed by atoms with E-state index in [2.05, 4.69) is 20.3 Å². The van der Waals surface area contributed by atoms with E-state index < -0.39 is 11.7 Å². The Morgan fingerprint density at radius 1 is 1.22 bits per heavy atom. The summed E-state index contributed by atoms with van der Waals surface area (Å²) in [5, 5.41) is 6.96. The number of nitrogens with zero attached hydrogens (tertiary/aromatic N) is 5. The van der Waals surface area contributed by atoms with Gasteiger partial charge in [-0.2, -0.15) is 9.42 Å². The van der Waals surface area contributed by atoms with E-state index in [-0.39, 0.29) is 28.7 Å². The molecule has 10 heteroatoms. The van der Waals surface area contributed by atoms with Crippen LogP contribution in [0.2, 0.25) is 0 Å². The van der Waals surface area contributed by atoms with Crippen molar-refractivity contribution >= 4 is 5.91 Å². The summed E-state index contributed by atoms with van der Waals surface area (Å²) in [6.07, 6.45) is 1.32. The first-order valence-corrected chi connectivity index (χ1v) is 10.8. The molecule has 0 radical (unpaired) electrons. The van der Waals surface area contributed by atoms with Crippen molar-refractivity contribution in [2.45, 2.75) is 34.2 Å². The van der Waals surface area contributed by atoms with Crippen LogP contribution in [0.1, 0.15) is 38.3 Å². The zero-order valence-corrected chi connectivity index (χ0v) is 18.8.